The molecule has 0 saturated heterocycles. The molecular formula is C18H14N2O6. The van der Waals surface area contributed by atoms with E-state index in [1.54, 1.807) is 30.3 Å². The lowest BCUT2D eigenvalue weighted by Gasteiger charge is -2.19. The van der Waals surface area contributed by atoms with Crippen LogP contribution in [0.1, 0.15) is 10.4 Å². The number of hydrogen-bond donors (Lipinski definition) is 1. The summed E-state index contributed by atoms with van der Waals surface area (Å²) in [7, 11) is 0. The predicted octanol–water partition coefficient (Wildman–Crippen LogP) is 2.39. The number of rotatable bonds is 4. The quantitative estimate of drug-likeness (QED) is 0.718. The fraction of sp³-hybridized carbons (Fsp3) is 0.167. The van der Waals surface area contributed by atoms with Crippen LogP contribution in [0.5, 0.6) is 11.5 Å². The van der Waals surface area contributed by atoms with Gasteiger partial charge >= 0.3 is 5.97 Å². The topological polar surface area (TPSA) is 99.9 Å². The molecule has 0 fully saturated rings. The molecule has 8 nitrogen and oxygen atoms in total. The van der Waals surface area contributed by atoms with E-state index in [2.05, 4.69) is 10.3 Å². The van der Waals surface area contributed by atoms with E-state index in [0.29, 0.717) is 41.5 Å². The Balaban J connectivity index is 1.35. The van der Waals surface area contributed by atoms with Gasteiger partial charge in [-0.15, -0.1) is 0 Å². The van der Waals surface area contributed by atoms with Crippen LogP contribution in [-0.4, -0.2) is 36.7 Å². The third-order valence-corrected chi connectivity index (χ3v) is 3.73. The summed E-state index contributed by atoms with van der Waals surface area (Å²) in [5.41, 5.74) is 1.91. The lowest BCUT2D eigenvalue weighted by Crippen LogP contribution is -2.21. The van der Waals surface area contributed by atoms with Crippen LogP contribution in [0.15, 0.2) is 47.2 Å². The number of nitrogens with zero attached hydrogens (tertiary/aromatic N) is 1. The first-order valence-corrected chi connectivity index (χ1v) is 7.89. The molecule has 3 aromatic rings. The molecule has 8 heteroatoms. The van der Waals surface area contributed by atoms with Gasteiger partial charge in [0.2, 0.25) is 0 Å². The molecule has 0 bridgehead atoms. The number of nitrogens with one attached hydrogen (secondary N) is 1. The number of carbonyl (C=O) groups is 2. The highest BCUT2D eigenvalue weighted by Gasteiger charge is 2.15. The summed E-state index contributed by atoms with van der Waals surface area (Å²) in [6.07, 6.45) is 1.29. The second-order valence-electron chi connectivity index (χ2n) is 5.52. The van der Waals surface area contributed by atoms with E-state index in [1.807, 2.05) is 0 Å². The number of esters is 1. The summed E-state index contributed by atoms with van der Waals surface area (Å²) < 4.78 is 21.0. The molecule has 0 atom stereocenters. The lowest BCUT2D eigenvalue weighted by molar-refractivity contribution is -0.119. The van der Waals surface area contributed by atoms with Gasteiger partial charge in [-0.2, -0.15) is 0 Å². The highest BCUT2D eigenvalue weighted by Crippen LogP contribution is 2.32. The summed E-state index contributed by atoms with van der Waals surface area (Å²) >= 11 is 0. The van der Waals surface area contributed by atoms with Crippen LogP contribution in [0.2, 0.25) is 0 Å². The van der Waals surface area contributed by atoms with Crippen LogP contribution in [0, 0.1) is 0 Å². The Morgan fingerprint density at radius 1 is 1.08 bits per heavy atom. The average Bonchev–Trinajstić information content (AvgIpc) is 3.14. The first-order valence-electron chi connectivity index (χ1n) is 7.89. The number of aromatic nitrogens is 1. The van der Waals surface area contributed by atoms with Crippen molar-refractivity contribution < 1.29 is 28.2 Å². The highest BCUT2D eigenvalue weighted by molar-refractivity contribution is 5.97. The second kappa shape index (κ2) is 6.75. The number of ether oxygens (including phenoxy) is 3. The number of fused-ring (bicyclic) bond motifs is 2. The van der Waals surface area contributed by atoms with Gasteiger partial charge in [-0.25, -0.2) is 9.78 Å². The minimum absolute atomic E-state index is 0.279. The summed E-state index contributed by atoms with van der Waals surface area (Å²) in [5.74, 6) is 0.103. The summed E-state index contributed by atoms with van der Waals surface area (Å²) in [6.45, 7) is 0.535. The Hall–Kier alpha value is -3.55. The number of anilines is 1. The van der Waals surface area contributed by atoms with Gasteiger partial charge in [0.15, 0.2) is 30.1 Å². The smallest absolute Gasteiger partial charge is 0.338 e. The van der Waals surface area contributed by atoms with Crippen molar-refractivity contribution in [2.24, 2.45) is 0 Å². The fourth-order valence-electron chi connectivity index (χ4n) is 2.51. The Bertz CT molecular complexity index is 981. The number of hydrogen-bond acceptors (Lipinski definition) is 7. The van der Waals surface area contributed by atoms with E-state index < -0.39 is 18.5 Å². The molecular weight excluding hydrogens is 340 g/mol. The minimum Gasteiger partial charge on any atom is -0.486 e. The van der Waals surface area contributed by atoms with E-state index in [1.165, 1.54) is 12.5 Å². The lowest BCUT2D eigenvalue weighted by atomic mass is 10.2. The maximum absolute atomic E-state index is 12.1. The van der Waals surface area contributed by atoms with Crippen molar-refractivity contribution in [3.63, 3.8) is 0 Å². The highest BCUT2D eigenvalue weighted by atomic mass is 16.6. The predicted molar refractivity (Wildman–Crippen MR) is 90.4 cm³/mol. The van der Waals surface area contributed by atoms with E-state index in [0.717, 1.165) is 0 Å². The standard InChI is InChI=1S/C18H14N2O6/c21-17(20-12-2-4-14-16(8-12)24-6-5-23-14)9-25-18(22)11-1-3-13-15(7-11)26-10-19-13/h1-4,7-8,10H,5-6,9H2,(H,20,21). The van der Waals surface area contributed by atoms with Gasteiger partial charge in [-0.3, -0.25) is 4.79 Å². The monoisotopic (exact) mass is 354 g/mol. The molecule has 0 saturated carbocycles. The minimum atomic E-state index is -0.624. The first kappa shape index (κ1) is 15.9. The maximum atomic E-state index is 12.1. The van der Waals surface area contributed by atoms with E-state index in [-0.39, 0.29) is 5.56 Å². The third kappa shape index (κ3) is 3.30. The van der Waals surface area contributed by atoms with Crippen LogP contribution >= 0.6 is 0 Å². The Morgan fingerprint density at radius 3 is 2.81 bits per heavy atom. The van der Waals surface area contributed by atoms with Crippen LogP contribution < -0.4 is 14.8 Å². The van der Waals surface area contributed by atoms with Crippen molar-refractivity contribution in [1.29, 1.82) is 0 Å². The first-order chi connectivity index (χ1) is 12.7. The number of benzene rings is 2. The van der Waals surface area contributed by atoms with Crippen LogP contribution in [-0.2, 0) is 9.53 Å². The fourth-order valence-corrected chi connectivity index (χ4v) is 2.51. The van der Waals surface area contributed by atoms with Crippen molar-refractivity contribution in [3.05, 3.63) is 48.4 Å². The van der Waals surface area contributed by atoms with Gasteiger partial charge in [-0.05, 0) is 30.3 Å². The van der Waals surface area contributed by atoms with Crippen LogP contribution in [0.4, 0.5) is 5.69 Å². The molecule has 1 amide bonds. The molecule has 4 rings (SSSR count). The SMILES string of the molecule is O=C(COC(=O)c1ccc2ncoc2c1)Nc1ccc2c(c1)OCCO2. The second-order valence-corrected chi connectivity index (χ2v) is 5.52. The zero-order valence-electron chi connectivity index (χ0n) is 13.6. The van der Waals surface area contributed by atoms with Crippen molar-refractivity contribution in [1.82, 2.24) is 4.98 Å². The van der Waals surface area contributed by atoms with Crippen LogP contribution in [0.3, 0.4) is 0 Å². The van der Waals surface area contributed by atoms with Crippen molar-refractivity contribution in [2.75, 3.05) is 25.1 Å². The molecule has 1 aromatic heterocycles. The zero-order valence-corrected chi connectivity index (χ0v) is 13.6. The largest absolute Gasteiger partial charge is 0.486 e. The molecule has 0 spiro atoms. The molecule has 132 valence electrons. The molecule has 26 heavy (non-hydrogen) atoms. The van der Waals surface area contributed by atoms with Crippen molar-refractivity contribution in [3.8, 4) is 11.5 Å². The summed E-state index contributed by atoms with van der Waals surface area (Å²) in [4.78, 5) is 28.0. The van der Waals surface area contributed by atoms with E-state index in [4.69, 9.17) is 18.6 Å². The van der Waals surface area contributed by atoms with E-state index in [9.17, 15) is 9.59 Å². The van der Waals surface area contributed by atoms with E-state index >= 15 is 0 Å². The normalized spacial score (nSPS) is 12.6. The molecule has 0 unspecified atom stereocenters. The molecule has 0 radical (unpaired) electrons. The maximum Gasteiger partial charge on any atom is 0.338 e. The Morgan fingerprint density at radius 2 is 1.92 bits per heavy atom. The van der Waals surface area contributed by atoms with Gasteiger partial charge < -0.3 is 23.9 Å². The molecule has 0 aliphatic carbocycles. The summed E-state index contributed by atoms with van der Waals surface area (Å²) in [6, 6.07) is 9.78. The van der Waals surface area contributed by atoms with Crippen molar-refractivity contribution >= 4 is 28.7 Å². The molecule has 1 N–H and O–H groups in total. The van der Waals surface area contributed by atoms with Gasteiger partial charge in [0.05, 0.1) is 5.56 Å². The number of oxazole rings is 1. The van der Waals surface area contributed by atoms with Crippen LogP contribution in [0.25, 0.3) is 11.1 Å². The number of amides is 1. The molecule has 1 aliphatic rings. The van der Waals surface area contributed by atoms with Gasteiger partial charge in [0.25, 0.3) is 5.91 Å². The molecule has 2 heterocycles. The molecule has 2 aromatic carbocycles. The Labute approximate surface area is 147 Å². The molecule has 1 aliphatic heterocycles. The Kier molecular flexibility index (Phi) is 4.14. The van der Waals surface area contributed by atoms with Gasteiger partial charge in [0, 0.05) is 11.8 Å². The zero-order chi connectivity index (χ0) is 17.9. The van der Waals surface area contributed by atoms with Gasteiger partial charge in [-0.1, -0.05) is 0 Å². The number of carbonyl (C=O) groups excluding carboxylic acids is 2. The van der Waals surface area contributed by atoms with Crippen molar-refractivity contribution in [2.45, 2.75) is 0 Å². The average molecular weight is 354 g/mol. The third-order valence-electron chi connectivity index (χ3n) is 3.73. The van der Waals surface area contributed by atoms with Gasteiger partial charge in [0.1, 0.15) is 18.7 Å². The summed E-state index contributed by atoms with van der Waals surface area (Å²) in [5, 5.41) is 2.64.